The summed E-state index contributed by atoms with van der Waals surface area (Å²) in [4.78, 5) is 24.3. The van der Waals surface area contributed by atoms with Crippen LogP contribution in [0.15, 0.2) is 59.7 Å². The Balaban J connectivity index is 1.73. The molecule has 0 atom stereocenters. The van der Waals surface area contributed by atoms with Crippen molar-refractivity contribution in [1.82, 2.24) is 24.1 Å². The monoisotopic (exact) mass is 401 g/mol. The zero-order valence-corrected chi connectivity index (χ0v) is 17.0. The highest BCUT2D eigenvalue weighted by atomic mass is 32.1. The maximum Gasteiger partial charge on any atom is 0.351 e. The SMILES string of the molecule is Cc1sc2c(c1C)c1nc(-c3ccncc3)nn1c(=O)n2CCc1ccccc1. The van der Waals surface area contributed by atoms with Crippen molar-refractivity contribution in [2.45, 2.75) is 26.8 Å². The second kappa shape index (κ2) is 6.93. The normalized spacial score (nSPS) is 11.5. The van der Waals surface area contributed by atoms with Crippen LogP contribution in [0.2, 0.25) is 0 Å². The first-order valence-electron chi connectivity index (χ1n) is 9.47. The molecule has 4 heterocycles. The van der Waals surface area contributed by atoms with Gasteiger partial charge in [0.2, 0.25) is 0 Å². The van der Waals surface area contributed by atoms with E-state index in [1.54, 1.807) is 23.7 Å². The molecule has 0 N–H and O–H groups in total. The molecule has 4 aromatic heterocycles. The Hall–Kier alpha value is -3.32. The Morgan fingerprint density at radius 2 is 1.79 bits per heavy atom. The summed E-state index contributed by atoms with van der Waals surface area (Å²) in [5.74, 6) is 0.537. The third kappa shape index (κ3) is 2.94. The highest BCUT2D eigenvalue weighted by molar-refractivity contribution is 7.19. The average molecular weight is 401 g/mol. The lowest BCUT2D eigenvalue weighted by atomic mass is 10.1. The number of fused-ring (bicyclic) bond motifs is 3. The molecule has 0 aliphatic carbocycles. The molecule has 0 spiro atoms. The van der Waals surface area contributed by atoms with Gasteiger partial charge in [-0.05, 0) is 43.5 Å². The number of thiophene rings is 1. The van der Waals surface area contributed by atoms with Crippen LogP contribution in [0.3, 0.4) is 0 Å². The van der Waals surface area contributed by atoms with Gasteiger partial charge in [0.25, 0.3) is 0 Å². The minimum Gasteiger partial charge on any atom is -0.283 e. The molecular formula is C22H19N5OS. The molecule has 0 unspecified atom stereocenters. The third-order valence-electron chi connectivity index (χ3n) is 5.26. The lowest BCUT2D eigenvalue weighted by Gasteiger charge is -2.08. The number of hydrogen-bond donors (Lipinski definition) is 0. The highest BCUT2D eigenvalue weighted by Gasteiger charge is 2.20. The van der Waals surface area contributed by atoms with Gasteiger partial charge < -0.3 is 0 Å². The first-order valence-corrected chi connectivity index (χ1v) is 10.3. The van der Waals surface area contributed by atoms with E-state index in [4.69, 9.17) is 4.98 Å². The summed E-state index contributed by atoms with van der Waals surface area (Å²) in [6.07, 6.45) is 4.19. The van der Waals surface area contributed by atoms with Crippen LogP contribution in [-0.4, -0.2) is 24.1 Å². The Morgan fingerprint density at radius 1 is 1.03 bits per heavy atom. The summed E-state index contributed by atoms with van der Waals surface area (Å²) in [5.41, 5.74) is 3.66. The highest BCUT2D eigenvalue weighted by Crippen LogP contribution is 2.32. The van der Waals surface area contributed by atoms with E-state index in [2.05, 4.69) is 36.1 Å². The minimum atomic E-state index is -0.155. The third-order valence-corrected chi connectivity index (χ3v) is 6.49. The predicted molar refractivity (Wildman–Crippen MR) is 115 cm³/mol. The zero-order chi connectivity index (χ0) is 20.0. The summed E-state index contributed by atoms with van der Waals surface area (Å²) in [6.45, 7) is 4.77. The molecule has 0 fully saturated rings. The van der Waals surface area contributed by atoms with Gasteiger partial charge in [0, 0.05) is 29.4 Å². The Morgan fingerprint density at radius 3 is 2.55 bits per heavy atom. The maximum atomic E-state index is 13.3. The fourth-order valence-electron chi connectivity index (χ4n) is 3.58. The molecule has 6 nitrogen and oxygen atoms in total. The lowest BCUT2D eigenvalue weighted by molar-refractivity contribution is 0.654. The molecule has 1 aromatic carbocycles. The van der Waals surface area contributed by atoms with Crippen LogP contribution >= 0.6 is 11.3 Å². The van der Waals surface area contributed by atoms with Crippen LogP contribution in [0.5, 0.6) is 0 Å². The second-order valence-corrected chi connectivity index (χ2v) is 8.24. The van der Waals surface area contributed by atoms with E-state index < -0.39 is 0 Å². The molecule has 5 aromatic rings. The van der Waals surface area contributed by atoms with Gasteiger partial charge in [-0.1, -0.05) is 30.3 Å². The maximum absolute atomic E-state index is 13.3. The van der Waals surface area contributed by atoms with Gasteiger partial charge in [0.05, 0.1) is 5.39 Å². The number of nitrogens with zero attached hydrogens (tertiary/aromatic N) is 5. The van der Waals surface area contributed by atoms with Gasteiger partial charge in [0.1, 0.15) is 4.83 Å². The molecule has 0 aliphatic rings. The summed E-state index contributed by atoms with van der Waals surface area (Å²) >= 11 is 1.65. The quantitative estimate of drug-likeness (QED) is 0.456. The Kier molecular flexibility index (Phi) is 4.24. The largest absolute Gasteiger partial charge is 0.351 e. The molecule has 5 rings (SSSR count). The molecular weight excluding hydrogens is 382 g/mol. The van der Waals surface area contributed by atoms with E-state index in [0.717, 1.165) is 27.8 Å². The van der Waals surface area contributed by atoms with Gasteiger partial charge in [-0.3, -0.25) is 9.55 Å². The number of hydrogen-bond acceptors (Lipinski definition) is 5. The molecule has 0 bridgehead atoms. The lowest BCUT2D eigenvalue weighted by Crippen LogP contribution is -2.28. The number of aryl methyl sites for hydroxylation is 4. The van der Waals surface area contributed by atoms with Crippen LogP contribution in [-0.2, 0) is 13.0 Å². The summed E-state index contributed by atoms with van der Waals surface area (Å²) in [6, 6.07) is 13.9. The fourth-order valence-corrected chi connectivity index (χ4v) is 4.75. The van der Waals surface area contributed by atoms with E-state index in [0.29, 0.717) is 18.0 Å². The number of aromatic nitrogens is 5. The molecule has 0 saturated carbocycles. The van der Waals surface area contributed by atoms with E-state index in [1.165, 1.54) is 15.0 Å². The minimum absolute atomic E-state index is 0.155. The summed E-state index contributed by atoms with van der Waals surface area (Å²) in [5, 5.41) is 5.56. The van der Waals surface area contributed by atoms with E-state index in [-0.39, 0.29) is 5.69 Å². The van der Waals surface area contributed by atoms with E-state index in [1.807, 2.05) is 34.9 Å². The number of pyridine rings is 1. The van der Waals surface area contributed by atoms with E-state index in [9.17, 15) is 4.79 Å². The Labute approximate surface area is 171 Å². The van der Waals surface area contributed by atoms with Crippen molar-refractivity contribution in [2.24, 2.45) is 0 Å². The van der Waals surface area contributed by atoms with Crippen molar-refractivity contribution < 1.29 is 0 Å². The van der Waals surface area contributed by atoms with Crippen molar-refractivity contribution in [3.63, 3.8) is 0 Å². The van der Waals surface area contributed by atoms with Gasteiger partial charge in [-0.2, -0.15) is 4.52 Å². The van der Waals surface area contributed by atoms with Crippen molar-refractivity contribution >= 4 is 27.2 Å². The standard InChI is InChI=1S/C22H19N5OS/c1-14-15(2)29-21-18(14)20-24-19(17-8-11-23-12-9-17)25-27(20)22(28)26(21)13-10-16-6-4-3-5-7-16/h3-9,11-12H,10,13H2,1-2H3. The van der Waals surface area contributed by atoms with Crippen LogP contribution < -0.4 is 5.69 Å². The van der Waals surface area contributed by atoms with Crippen molar-refractivity contribution in [3.8, 4) is 11.4 Å². The second-order valence-electron chi connectivity index (χ2n) is 7.04. The first-order chi connectivity index (χ1) is 14.1. The zero-order valence-electron chi connectivity index (χ0n) is 16.2. The first kappa shape index (κ1) is 17.8. The summed E-state index contributed by atoms with van der Waals surface area (Å²) in [7, 11) is 0. The van der Waals surface area contributed by atoms with Crippen molar-refractivity contribution in [3.05, 3.63) is 81.3 Å². The molecule has 144 valence electrons. The van der Waals surface area contributed by atoms with Gasteiger partial charge in [-0.15, -0.1) is 16.4 Å². The molecule has 0 radical (unpaired) electrons. The van der Waals surface area contributed by atoms with Crippen LogP contribution in [0.25, 0.3) is 27.3 Å². The average Bonchev–Trinajstić information content (AvgIpc) is 3.31. The topological polar surface area (TPSA) is 65.1 Å². The molecule has 29 heavy (non-hydrogen) atoms. The van der Waals surface area contributed by atoms with E-state index >= 15 is 0 Å². The van der Waals surface area contributed by atoms with Crippen LogP contribution in [0.4, 0.5) is 0 Å². The van der Waals surface area contributed by atoms with Gasteiger partial charge in [0.15, 0.2) is 11.5 Å². The van der Waals surface area contributed by atoms with Gasteiger partial charge in [-0.25, -0.2) is 9.78 Å². The Bertz CT molecular complexity index is 1380. The van der Waals surface area contributed by atoms with Crippen LogP contribution in [0, 0.1) is 13.8 Å². The smallest absolute Gasteiger partial charge is 0.283 e. The number of rotatable bonds is 4. The predicted octanol–water partition coefficient (Wildman–Crippen LogP) is 4.03. The fraction of sp³-hybridized carbons (Fsp3) is 0.182. The van der Waals surface area contributed by atoms with Gasteiger partial charge >= 0.3 is 5.69 Å². The van der Waals surface area contributed by atoms with Crippen molar-refractivity contribution in [1.29, 1.82) is 0 Å². The molecule has 7 heteroatoms. The molecule has 0 amide bonds. The number of benzene rings is 1. The van der Waals surface area contributed by atoms with Crippen molar-refractivity contribution in [2.75, 3.05) is 0 Å². The summed E-state index contributed by atoms with van der Waals surface area (Å²) < 4.78 is 3.28. The molecule has 0 aliphatic heterocycles. The van der Waals surface area contributed by atoms with Crippen LogP contribution in [0.1, 0.15) is 16.0 Å². The molecule has 0 saturated heterocycles.